The number of amides is 1. The zero-order valence-electron chi connectivity index (χ0n) is 8.18. The van der Waals surface area contributed by atoms with Crippen molar-refractivity contribution in [3.8, 4) is 0 Å². The molecule has 0 aromatic rings. The van der Waals surface area contributed by atoms with Crippen molar-refractivity contribution in [2.24, 2.45) is 23.0 Å². The first kappa shape index (κ1) is 9.00. The van der Waals surface area contributed by atoms with Crippen LogP contribution in [0, 0.1) is 17.3 Å². The van der Waals surface area contributed by atoms with Crippen LogP contribution < -0.4 is 11.1 Å². The molecule has 2 aliphatic rings. The Hall–Kier alpha value is -0.570. The Bertz CT molecular complexity index is 225. The monoisotopic (exact) mass is 182 g/mol. The summed E-state index contributed by atoms with van der Waals surface area (Å²) in [6, 6.07) is 0. The van der Waals surface area contributed by atoms with Gasteiger partial charge in [-0.25, -0.2) is 0 Å². The third-order valence-corrected chi connectivity index (χ3v) is 4.10. The minimum atomic E-state index is -0.112. The van der Waals surface area contributed by atoms with Crippen LogP contribution in [0.2, 0.25) is 0 Å². The molecule has 1 heterocycles. The van der Waals surface area contributed by atoms with E-state index in [9.17, 15) is 4.79 Å². The molecule has 3 unspecified atom stereocenters. The van der Waals surface area contributed by atoms with Gasteiger partial charge in [-0.3, -0.25) is 4.79 Å². The molecule has 13 heavy (non-hydrogen) atoms. The number of carbonyl (C=O) groups is 1. The molecule has 2 fully saturated rings. The Labute approximate surface area is 79.1 Å². The van der Waals surface area contributed by atoms with Crippen molar-refractivity contribution in [1.82, 2.24) is 5.32 Å². The van der Waals surface area contributed by atoms with Crippen molar-refractivity contribution in [2.75, 3.05) is 13.1 Å². The maximum absolute atomic E-state index is 11.3. The van der Waals surface area contributed by atoms with E-state index in [0.717, 1.165) is 13.1 Å². The summed E-state index contributed by atoms with van der Waals surface area (Å²) in [6.07, 6.45) is 3.69. The number of nitrogens with one attached hydrogen (secondary N) is 1. The van der Waals surface area contributed by atoms with E-state index in [-0.39, 0.29) is 17.2 Å². The van der Waals surface area contributed by atoms with Crippen LogP contribution in [-0.2, 0) is 4.79 Å². The van der Waals surface area contributed by atoms with Crippen molar-refractivity contribution in [3.05, 3.63) is 0 Å². The van der Waals surface area contributed by atoms with Gasteiger partial charge in [0.1, 0.15) is 0 Å². The summed E-state index contributed by atoms with van der Waals surface area (Å²) in [6.45, 7) is 4.04. The first-order valence-electron chi connectivity index (χ1n) is 5.17. The first-order valence-corrected chi connectivity index (χ1v) is 5.17. The van der Waals surface area contributed by atoms with E-state index in [2.05, 4.69) is 12.2 Å². The molecular formula is C10H18N2O. The average Bonchev–Trinajstić information content (AvgIpc) is 2.62. The van der Waals surface area contributed by atoms with E-state index >= 15 is 0 Å². The Balaban J connectivity index is 2.24. The molecular weight excluding hydrogens is 164 g/mol. The third kappa shape index (κ3) is 1.17. The predicted octanol–water partition coefficient (Wildman–Crippen LogP) is 0.497. The number of carbonyl (C=O) groups excluding carboxylic acids is 1. The van der Waals surface area contributed by atoms with Crippen LogP contribution in [0.25, 0.3) is 0 Å². The Kier molecular flexibility index (Phi) is 2.06. The maximum Gasteiger partial charge on any atom is 0.222 e. The molecule has 3 atom stereocenters. The normalized spacial score (nSPS) is 44.4. The summed E-state index contributed by atoms with van der Waals surface area (Å²) in [4.78, 5) is 11.3. The third-order valence-electron chi connectivity index (χ3n) is 4.10. The van der Waals surface area contributed by atoms with Gasteiger partial charge in [0.05, 0.1) is 5.92 Å². The van der Waals surface area contributed by atoms with E-state index in [1.54, 1.807) is 0 Å². The molecule has 1 aliphatic heterocycles. The standard InChI is InChI=1S/C10H18N2O/c1-7-3-2-4-10(7)6-12-5-8(10)9(11)13/h7-8,12H,2-6H2,1H3,(H2,11,13). The molecule has 0 aromatic carbocycles. The fraction of sp³-hybridized carbons (Fsp3) is 0.900. The molecule has 3 heteroatoms. The van der Waals surface area contributed by atoms with Crippen LogP contribution in [0.5, 0.6) is 0 Å². The lowest BCUT2D eigenvalue weighted by Gasteiger charge is -2.32. The average molecular weight is 182 g/mol. The van der Waals surface area contributed by atoms with Crippen molar-refractivity contribution in [2.45, 2.75) is 26.2 Å². The molecule has 1 saturated heterocycles. The molecule has 1 amide bonds. The molecule has 0 bridgehead atoms. The van der Waals surface area contributed by atoms with Crippen LogP contribution in [0.1, 0.15) is 26.2 Å². The van der Waals surface area contributed by atoms with Crippen LogP contribution >= 0.6 is 0 Å². The van der Waals surface area contributed by atoms with Crippen molar-refractivity contribution < 1.29 is 4.79 Å². The number of hydrogen-bond donors (Lipinski definition) is 2. The highest BCUT2D eigenvalue weighted by atomic mass is 16.1. The Morgan fingerprint density at radius 3 is 2.92 bits per heavy atom. The van der Waals surface area contributed by atoms with Crippen LogP contribution in [0.15, 0.2) is 0 Å². The zero-order valence-corrected chi connectivity index (χ0v) is 8.18. The first-order chi connectivity index (χ1) is 6.17. The lowest BCUT2D eigenvalue weighted by molar-refractivity contribution is -0.125. The Morgan fingerprint density at radius 1 is 1.62 bits per heavy atom. The van der Waals surface area contributed by atoms with Gasteiger partial charge in [0, 0.05) is 13.1 Å². The van der Waals surface area contributed by atoms with Gasteiger partial charge in [-0.15, -0.1) is 0 Å². The second kappa shape index (κ2) is 2.98. The smallest absolute Gasteiger partial charge is 0.222 e. The van der Waals surface area contributed by atoms with Crippen LogP contribution in [0.3, 0.4) is 0 Å². The molecule has 2 rings (SSSR count). The summed E-state index contributed by atoms with van der Waals surface area (Å²) in [7, 11) is 0. The van der Waals surface area contributed by atoms with E-state index in [0.29, 0.717) is 5.92 Å². The van der Waals surface area contributed by atoms with Crippen molar-refractivity contribution in [1.29, 1.82) is 0 Å². The Morgan fingerprint density at radius 2 is 2.38 bits per heavy atom. The van der Waals surface area contributed by atoms with Gasteiger partial charge >= 0.3 is 0 Å². The van der Waals surface area contributed by atoms with Crippen LogP contribution in [-0.4, -0.2) is 19.0 Å². The minimum absolute atomic E-state index is 0.0741. The largest absolute Gasteiger partial charge is 0.369 e. The van der Waals surface area contributed by atoms with E-state index < -0.39 is 0 Å². The fourth-order valence-corrected chi connectivity index (χ4v) is 3.21. The van der Waals surface area contributed by atoms with E-state index in [1.165, 1.54) is 19.3 Å². The summed E-state index contributed by atoms with van der Waals surface area (Å²) < 4.78 is 0. The predicted molar refractivity (Wildman–Crippen MR) is 51.0 cm³/mol. The van der Waals surface area contributed by atoms with Gasteiger partial charge in [-0.05, 0) is 17.8 Å². The molecule has 1 spiro atoms. The SMILES string of the molecule is CC1CCCC12CNCC2C(N)=O. The van der Waals surface area contributed by atoms with Gasteiger partial charge in [0.2, 0.25) is 5.91 Å². The van der Waals surface area contributed by atoms with E-state index in [1.807, 2.05) is 0 Å². The number of nitrogens with two attached hydrogens (primary N) is 1. The number of primary amides is 1. The van der Waals surface area contributed by atoms with Gasteiger partial charge in [0.15, 0.2) is 0 Å². The second-order valence-electron chi connectivity index (χ2n) is 4.61. The van der Waals surface area contributed by atoms with Gasteiger partial charge in [-0.1, -0.05) is 19.8 Å². The molecule has 0 radical (unpaired) electrons. The van der Waals surface area contributed by atoms with Crippen molar-refractivity contribution in [3.63, 3.8) is 0 Å². The van der Waals surface area contributed by atoms with Crippen molar-refractivity contribution >= 4 is 5.91 Å². The maximum atomic E-state index is 11.3. The zero-order chi connectivity index (χ0) is 9.47. The van der Waals surface area contributed by atoms with Gasteiger partial charge < -0.3 is 11.1 Å². The minimum Gasteiger partial charge on any atom is -0.369 e. The van der Waals surface area contributed by atoms with Gasteiger partial charge in [0.25, 0.3) is 0 Å². The number of rotatable bonds is 1. The lowest BCUT2D eigenvalue weighted by Crippen LogP contribution is -2.40. The topological polar surface area (TPSA) is 55.1 Å². The molecule has 3 nitrogen and oxygen atoms in total. The van der Waals surface area contributed by atoms with Gasteiger partial charge in [-0.2, -0.15) is 0 Å². The summed E-state index contributed by atoms with van der Waals surface area (Å²) in [5.74, 6) is 0.615. The highest BCUT2D eigenvalue weighted by molar-refractivity contribution is 5.78. The summed E-state index contributed by atoms with van der Waals surface area (Å²) in [5.41, 5.74) is 5.64. The second-order valence-corrected chi connectivity index (χ2v) is 4.61. The summed E-state index contributed by atoms with van der Waals surface area (Å²) in [5, 5.41) is 3.32. The lowest BCUT2D eigenvalue weighted by atomic mass is 9.71. The van der Waals surface area contributed by atoms with Crippen LogP contribution in [0.4, 0.5) is 0 Å². The number of hydrogen-bond acceptors (Lipinski definition) is 2. The molecule has 1 aliphatic carbocycles. The highest BCUT2D eigenvalue weighted by Crippen LogP contribution is 2.50. The molecule has 0 aromatic heterocycles. The molecule has 3 N–H and O–H groups in total. The quantitative estimate of drug-likeness (QED) is 0.620. The highest BCUT2D eigenvalue weighted by Gasteiger charge is 2.51. The molecule has 1 saturated carbocycles. The summed E-state index contributed by atoms with van der Waals surface area (Å²) >= 11 is 0. The molecule has 74 valence electrons. The fourth-order valence-electron chi connectivity index (χ4n) is 3.21. The van der Waals surface area contributed by atoms with E-state index in [4.69, 9.17) is 5.73 Å².